The molecule has 0 bridgehead atoms. The third-order valence-electron chi connectivity index (χ3n) is 1.89. The molecule has 0 aromatic heterocycles. The zero-order valence-electron chi connectivity index (χ0n) is 9.42. The van der Waals surface area contributed by atoms with Gasteiger partial charge in [-0.15, -0.1) is 6.54 Å². The molecule has 19 heavy (non-hydrogen) atoms. The Bertz CT molecular complexity index is 527. The summed E-state index contributed by atoms with van der Waals surface area (Å²) in [5, 5.41) is 0. The largest absolute Gasteiger partial charge is 0.538 e. The highest BCUT2D eigenvalue weighted by Gasteiger charge is 2.38. The van der Waals surface area contributed by atoms with Crippen LogP contribution in [-0.2, 0) is 14.8 Å². The smallest absolute Gasteiger partial charge is 0.480 e. The molecule has 1 aromatic rings. The fraction of sp³-hybridized carbons (Fsp3) is 0.300. The quantitative estimate of drug-likeness (QED) is 0.616. The van der Waals surface area contributed by atoms with Gasteiger partial charge in [0, 0.05) is 0 Å². The summed E-state index contributed by atoms with van der Waals surface area (Å²) in [7, 11) is -5.53. The first-order valence-corrected chi connectivity index (χ1v) is 6.40. The van der Waals surface area contributed by atoms with Crippen LogP contribution in [0.5, 0.6) is 0 Å². The van der Waals surface area contributed by atoms with E-state index in [1.165, 1.54) is 12.1 Å². The molecule has 0 saturated carbocycles. The minimum atomic E-state index is -5.53. The Hall–Kier alpha value is -1.61. The molecule has 0 aliphatic carbocycles. The number of rotatable bonds is 5. The van der Waals surface area contributed by atoms with Crippen LogP contribution in [0.1, 0.15) is 10.4 Å². The number of carbonyl (C=O) groups is 1. The van der Waals surface area contributed by atoms with Crippen LogP contribution in [-0.4, -0.2) is 33.0 Å². The molecule has 5 nitrogen and oxygen atoms in total. The van der Waals surface area contributed by atoms with Crippen molar-refractivity contribution in [3.63, 3.8) is 0 Å². The maximum atomic E-state index is 11.9. The second-order valence-electron chi connectivity index (χ2n) is 3.28. The van der Waals surface area contributed by atoms with Gasteiger partial charge in [0.2, 0.25) is 0 Å². The minimum Gasteiger partial charge on any atom is -0.538 e. The Kier molecular flexibility index (Phi) is 4.90. The maximum Gasteiger partial charge on any atom is 0.480 e. The topological polar surface area (TPSA) is 74.5 Å². The highest BCUT2D eigenvalue weighted by atomic mass is 32.2. The first-order chi connectivity index (χ1) is 8.74. The molecule has 0 N–H and O–H groups in total. The molecule has 0 saturated heterocycles. The van der Waals surface area contributed by atoms with Gasteiger partial charge in [-0.25, -0.2) is 13.2 Å². The highest BCUT2D eigenvalue weighted by molar-refractivity contribution is 7.94. The second kappa shape index (κ2) is 6.02. The lowest BCUT2D eigenvalue weighted by Gasteiger charge is -2.21. The first kappa shape index (κ1) is 15.4. The van der Waals surface area contributed by atoms with Gasteiger partial charge >= 0.3 is 11.5 Å². The number of sulfonamides is 1. The summed E-state index contributed by atoms with van der Waals surface area (Å²) in [5.74, 6) is -0.764. The van der Waals surface area contributed by atoms with E-state index in [0.717, 1.165) is 0 Å². The fourth-order valence-corrected chi connectivity index (χ4v) is 1.49. The van der Waals surface area contributed by atoms with E-state index < -0.39 is 34.7 Å². The number of halogens is 3. The summed E-state index contributed by atoms with van der Waals surface area (Å²) in [5.41, 5.74) is -5.22. The minimum absolute atomic E-state index is 0.209. The lowest BCUT2D eigenvalue weighted by molar-refractivity contribution is -0.0427. The maximum absolute atomic E-state index is 11.9. The number of esters is 1. The lowest BCUT2D eigenvalue weighted by atomic mass is 10.2. The molecule has 0 aliphatic heterocycles. The summed E-state index contributed by atoms with van der Waals surface area (Å²) >= 11 is 0. The van der Waals surface area contributed by atoms with Gasteiger partial charge in [0.05, 0.1) is 12.2 Å². The number of hydrogen-bond donors (Lipinski definition) is 0. The van der Waals surface area contributed by atoms with E-state index >= 15 is 0 Å². The Balaban J connectivity index is 2.39. The van der Waals surface area contributed by atoms with Crippen molar-refractivity contribution in [2.24, 2.45) is 0 Å². The molecule has 1 aromatic carbocycles. The monoisotopic (exact) mass is 296 g/mol. The first-order valence-electron chi connectivity index (χ1n) is 4.96. The fourth-order valence-electron chi connectivity index (χ4n) is 1.03. The SMILES string of the molecule is O=C(OCC[N-]S(=O)(=O)C(F)(F)F)c1ccccc1. The standard InChI is InChI=1S/C10H9F3NO4S/c11-10(12,13)19(16,17)14-6-7-18-9(15)8-4-2-1-3-5-8/h1-5H,6-7H2/q-1. The summed E-state index contributed by atoms with van der Waals surface area (Å²) in [6.45, 7) is -1.33. The number of nitrogens with zero attached hydrogens (tertiary/aromatic N) is 1. The average Bonchev–Trinajstić information content (AvgIpc) is 2.34. The lowest BCUT2D eigenvalue weighted by Crippen LogP contribution is -2.23. The number of carbonyl (C=O) groups excluding carboxylic acids is 1. The number of hydrogen-bond acceptors (Lipinski definition) is 4. The molecular formula is C10H9F3NO4S-. The van der Waals surface area contributed by atoms with E-state index in [2.05, 4.69) is 9.46 Å². The van der Waals surface area contributed by atoms with Gasteiger partial charge in [0.15, 0.2) is 10.0 Å². The summed E-state index contributed by atoms with van der Waals surface area (Å²) in [6, 6.07) is 7.73. The molecule has 0 radical (unpaired) electrons. The second-order valence-corrected chi connectivity index (χ2v) is 4.95. The predicted molar refractivity (Wildman–Crippen MR) is 59.9 cm³/mol. The molecule has 0 amide bonds. The van der Waals surface area contributed by atoms with Crippen LogP contribution >= 0.6 is 0 Å². The molecule has 0 spiro atoms. The summed E-state index contributed by atoms with van der Waals surface area (Å²) in [6.07, 6.45) is 0. The van der Waals surface area contributed by atoms with Crippen LogP contribution in [0.2, 0.25) is 0 Å². The van der Waals surface area contributed by atoms with Gasteiger partial charge in [-0.05, 0) is 12.1 Å². The van der Waals surface area contributed by atoms with Gasteiger partial charge in [0.1, 0.15) is 0 Å². The van der Waals surface area contributed by atoms with Gasteiger partial charge < -0.3 is 9.46 Å². The normalized spacial score (nSPS) is 12.2. The molecule has 0 heterocycles. The van der Waals surface area contributed by atoms with Crippen molar-refractivity contribution >= 4 is 16.0 Å². The van der Waals surface area contributed by atoms with Crippen LogP contribution in [0.4, 0.5) is 13.2 Å². The van der Waals surface area contributed by atoms with E-state index in [4.69, 9.17) is 0 Å². The third kappa shape index (κ3) is 4.52. The van der Waals surface area contributed by atoms with Gasteiger partial charge in [-0.2, -0.15) is 13.2 Å². The van der Waals surface area contributed by atoms with Gasteiger partial charge in [0.25, 0.3) is 0 Å². The molecule has 106 valence electrons. The van der Waals surface area contributed by atoms with Crippen molar-refractivity contribution in [1.82, 2.24) is 0 Å². The Morgan fingerprint density at radius 3 is 2.32 bits per heavy atom. The van der Waals surface area contributed by atoms with Crippen molar-refractivity contribution in [2.75, 3.05) is 13.2 Å². The van der Waals surface area contributed by atoms with E-state index in [-0.39, 0.29) is 5.56 Å². The zero-order valence-corrected chi connectivity index (χ0v) is 10.2. The average molecular weight is 296 g/mol. The van der Waals surface area contributed by atoms with Crippen molar-refractivity contribution in [3.05, 3.63) is 40.6 Å². The van der Waals surface area contributed by atoms with Crippen LogP contribution in [0.15, 0.2) is 30.3 Å². The van der Waals surface area contributed by atoms with Crippen molar-refractivity contribution in [1.29, 1.82) is 0 Å². The molecular weight excluding hydrogens is 287 g/mol. The van der Waals surface area contributed by atoms with Gasteiger partial charge in [-0.3, -0.25) is 0 Å². The summed E-state index contributed by atoms with van der Waals surface area (Å²) < 4.78 is 63.8. The molecule has 0 atom stereocenters. The van der Waals surface area contributed by atoms with Crippen LogP contribution in [0.3, 0.4) is 0 Å². The summed E-state index contributed by atoms with van der Waals surface area (Å²) in [4.78, 5) is 11.3. The predicted octanol–water partition coefficient (Wildman–Crippen LogP) is 2.07. The van der Waals surface area contributed by atoms with Crippen LogP contribution in [0.25, 0.3) is 4.72 Å². The van der Waals surface area contributed by atoms with E-state index in [9.17, 15) is 26.4 Å². The van der Waals surface area contributed by atoms with Crippen molar-refractivity contribution < 1.29 is 31.1 Å². The molecule has 0 fully saturated rings. The number of ether oxygens (including phenoxy) is 1. The Labute approximate surface area is 107 Å². The van der Waals surface area contributed by atoms with E-state index in [1.54, 1.807) is 18.2 Å². The Morgan fingerprint density at radius 2 is 1.79 bits per heavy atom. The highest BCUT2D eigenvalue weighted by Crippen LogP contribution is 2.27. The van der Waals surface area contributed by atoms with Crippen LogP contribution in [0, 0.1) is 0 Å². The number of benzene rings is 1. The van der Waals surface area contributed by atoms with E-state index in [0.29, 0.717) is 0 Å². The van der Waals surface area contributed by atoms with Crippen molar-refractivity contribution in [3.8, 4) is 0 Å². The van der Waals surface area contributed by atoms with Gasteiger partial charge in [-0.1, -0.05) is 18.2 Å². The molecule has 9 heteroatoms. The molecule has 0 unspecified atom stereocenters. The molecule has 1 rings (SSSR count). The third-order valence-corrected chi connectivity index (χ3v) is 3.00. The zero-order chi connectivity index (χ0) is 14.5. The Morgan fingerprint density at radius 1 is 1.21 bits per heavy atom. The van der Waals surface area contributed by atoms with Crippen molar-refractivity contribution in [2.45, 2.75) is 5.51 Å². The van der Waals surface area contributed by atoms with E-state index in [1.807, 2.05) is 0 Å². The van der Waals surface area contributed by atoms with Crippen LogP contribution < -0.4 is 0 Å². The molecule has 0 aliphatic rings. The number of alkyl halides is 3.